The molecule has 1 heterocycles. The summed E-state index contributed by atoms with van der Waals surface area (Å²) in [4.78, 5) is 27.7. The number of nitrogens with zero attached hydrogens (tertiary/aromatic N) is 1. The van der Waals surface area contributed by atoms with Crippen molar-refractivity contribution < 1.29 is 19.4 Å². The van der Waals surface area contributed by atoms with Gasteiger partial charge in [-0.1, -0.05) is 70.5 Å². The van der Waals surface area contributed by atoms with E-state index in [1.165, 1.54) is 4.90 Å². The van der Waals surface area contributed by atoms with E-state index in [1.807, 2.05) is 61.5 Å². The van der Waals surface area contributed by atoms with Crippen LogP contribution < -0.4 is 4.74 Å². The van der Waals surface area contributed by atoms with Gasteiger partial charge in [0, 0.05) is 16.6 Å². The Labute approximate surface area is 195 Å². The van der Waals surface area contributed by atoms with E-state index < -0.39 is 17.7 Å². The van der Waals surface area contributed by atoms with Gasteiger partial charge in [0.25, 0.3) is 11.7 Å². The number of hydrogen-bond acceptors (Lipinski definition) is 4. The minimum atomic E-state index is -0.719. The number of likely N-dealkylation sites (tertiary alicyclic amines) is 1. The van der Waals surface area contributed by atoms with Gasteiger partial charge in [-0.25, -0.2) is 0 Å². The van der Waals surface area contributed by atoms with E-state index in [2.05, 4.69) is 15.9 Å². The van der Waals surface area contributed by atoms with Gasteiger partial charge in [-0.15, -0.1) is 0 Å². The molecule has 1 aliphatic rings. The Morgan fingerprint density at radius 1 is 1.00 bits per heavy atom. The normalized spacial score (nSPS) is 17.6. The van der Waals surface area contributed by atoms with E-state index in [1.54, 1.807) is 24.3 Å². The van der Waals surface area contributed by atoms with Crippen LogP contribution in [0.3, 0.4) is 0 Å². The largest absolute Gasteiger partial charge is 0.507 e. The molecule has 0 aliphatic carbocycles. The summed E-state index contributed by atoms with van der Waals surface area (Å²) in [6, 6.07) is 23.1. The molecule has 1 N–H and O–H groups in total. The number of benzene rings is 3. The molecular weight excluding hydrogens is 470 g/mol. The van der Waals surface area contributed by atoms with Crippen LogP contribution in [0, 0.1) is 0 Å². The molecule has 0 bridgehead atoms. The van der Waals surface area contributed by atoms with Crippen molar-refractivity contribution in [2.75, 3.05) is 6.61 Å². The maximum Gasteiger partial charge on any atom is 0.295 e. The Balaban J connectivity index is 1.85. The Hall–Kier alpha value is -3.38. The predicted octanol–water partition coefficient (Wildman–Crippen LogP) is 5.47. The molecule has 0 saturated carbocycles. The highest BCUT2D eigenvalue weighted by atomic mass is 79.9. The quantitative estimate of drug-likeness (QED) is 0.282. The first-order valence-corrected chi connectivity index (χ1v) is 11.1. The van der Waals surface area contributed by atoms with Gasteiger partial charge >= 0.3 is 0 Å². The van der Waals surface area contributed by atoms with E-state index in [9.17, 15) is 14.7 Å². The summed E-state index contributed by atoms with van der Waals surface area (Å²) in [5.41, 5.74) is 2.12. The molecule has 1 unspecified atom stereocenters. The van der Waals surface area contributed by atoms with Gasteiger partial charge in [-0.05, 0) is 42.3 Å². The molecule has 0 spiro atoms. The standard InChI is InChI=1S/C26H22BrNO4/c1-2-32-21-13-7-11-19(15-21)24(29)22-23(18-10-6-12-20(27)14-18)28(26(31)25(22)30)16-17-8-4-3-5-9-17/h3-15,23,29H,2,16H2,1H3. The molecule has 0 aromatic heterocycles. The summed E-state index contributed by atoms with van der Waals surface area (Å²) < 4.78 is 6.35. The Morgan fingerprint density at radius 2 is 1.75 bits per heavy atom. The number of amides is 1. The van der Waals surface area contributed by atoms with Gasteiger partial charge in [0.05, 0.1) is 18.2 Å². The third-order valence-electron chi connectivity index (χ3n) is 5.32. The number of halogens is 1. The molecule has 3 aromatic rings. The summed E-state index contributed by atoms with van der Waals surface area (Å²) in [5.74, 6) is -0.980. The topological polar surface area (TPSA) is 66.8 Å². The minimum absolute atomic E-state index is 0.0673. The second-order valence-electron chi connectivity index (χ2n) is 7.43. The van der Waals surface area contributed by atoms with Crippen molar-refractivity contribution >= 4 is 33.4 Å². The number of ketones is 1. The van der Waals surface area contributed by atoms with Crippen LogP contribution in [0.15, 0.2) is 88.9 Å². The van der Waals surface area contributed by atoms with Gasteiger partial charge in [0.15, 0.2) is 0 Å². The van der Waals surface area contributed by atoms with E-state index in [0.717, 1.165) is 15.6 Å². The number of Topliss-reactive ketones (excluding diaryl/α,β-unsaturated/α-hetero) is 1. The second kappa shape index (κ2) is 9.40. The smallest absolute Gasteiger partial charge is 0.295 e. The van der Waals surface area contributed by atoms with Crippen molar-refractivity contribution in [1.29, 1.82) is 0 Å². The van der Waals surface area contributed by atoms with Crippen LogP contribution in [0.25, 0.3) is 5.76 Å². The summed E-state index contributed by atoms with van der Waals surface area (Å²) in [6.07, 6.45) is 0. The fourth-order valence-corrected chi connectivity index (χ4v) is 4.32. The van der Waals surface area contributed by atoms with E-state index in [4.69, 9.17) is 4.74 Å². The van der Waals surface area contributed by atoms with Crippen LogP contribution in [0.5, 0.6) is 5.75 Å². The molecule has 1 aliphatic heterocycles. The fraction of sp³-hybridized carbons (Fsp3) is 0.154. The highest BCUT2D eigenvalue weighted by Crippen LogP contribution is 2.41. The van der Waals surface area contributed by atoms with Crippen molar-refractivity contribution in [3.8, 4) is 5.75 Å². The molecular formula is C26H22BrNO4. The molecule has 5 nitrogen and oxygen atoms in total. The van der Waals surface area contributed by atoms with Crippen molar-refractivity contribution in [1.82, 2.24) is 4.90 Å². The molecule has 32 heavy (non-hydrogen) atoms. The lowest BCUT2D eigenvalue weighted by atomic mass is 9.95. The van der Waals surface area contributed by atoms with E-state index in [0.29, 0.717) is 17.9 Å². The monoisotopic (exact) mass is 491 g/mol. The van der Waals surface area contributed by atoms with E-state index >= 15 is 0 Å². The SMILES string of the molecule is CCOc1cccc(C(O)=C2C(=O)C(=O)N(Cc3ccccc3)C2c2cccc(Br)c2)c1. The summed E-state index contributed by atoms with van der Waals surface area (Å²) in [5, 5.41) is 11.2. The van der Waals surface area contributed by atoms with Gasteiger partial charge in [0.1, 0.15) is 11.5 Å². The third-order valence-corrected chi connectivity index (χ3v) is 5.81. The Bertz CT molecular complexity index is 1190. The zero-order chi connectivity index (χ0) is 22.7. The molecule has 1 atom stereocenters. The molecule has 162 valence electrons. The minimum Gasteiger partial charge on any atom is -0.507 e. The van der Waals surface area contributed by atoms with Crippen molar-refractivity contribution in [3.05, 3.63) is 106 Å². The number of carbonyl (C=O) groups excluding carboxylic acids is 2. The lowest BCUT2D eigenvalue weighted by Crippen LogP contribution is -2.29. The van der Waals surface area contributed by atoms with Crippen molar-refractivity contribution in [3.63, 3.8) is 0 Å². The van der Waals surface area contributed by atoms with Gasteiger partial charge in [0.2, 0.25) is 0 Å². The maximum absolute atomic E-state index is 13.1. The lowest BCUT2D eigenvalue weighted by molar-refractivity contribution is -0.140. The van der Waals surface area contributed by atoms with Gasteiger partial charge < -0.3 is 14.7 Å². The van der Waals surface area contributed by atoms with Crippen LogP contribution in [-0.2, 0) is 16.1 Å². The van der Waals surface area contributed by atoms with Crippen LogP contribution in [0.2, 0.25) is 0 Å². The third kappa shape index (κ3) is 4.32. The molecule has 4 rings (SSSR count). The summed E-state index contributed by atoms with van der Waals surface area (Å²) >= 11 is 3.47. The first kappa shape index (κ1) is 21.8. The first-order chi connectivity index (χ1) is 15.5. The fourth-order valence-electron chi connectivity index (χ4n) is 3.90. The zero-order valence-corrected chi connectivity index (χ0v) is 19.1. The Morgan fingerprint density at radius 3 is 2.47 bits per heavy atom. The van der Waals surface area contributed by atoms with Crippen LogP contribution in [-0.4, -0.2) is 28.3 Å². The number of carbonyl (C=O) groups is 2. The molecule has 1 amide bonds. The molecule has 6 heteroatoms. The molecule has 3 aromatic carbocycles. The van der Waals surface area contributed by atoms with E-state index in [-0.39, 0.29) is 17.9 Å². The van der Waals surface area contributed by atoms with Crippen LogP contribution in [0.4, 0.5) is 0 Å². The van der Waals surface area contributed by atoms with Gasteiger partial charge in [-0.3, -0.25) is 9.59 Å². The highest BCUT2D eigenvalue weighted by Gasteiger charge is 2.46. The molecule has 1 saturated heterocycles. The van der Waals surface area contributed by atoms with Crippen molar-refractivity contribution in [2.24, 2.45) is 0 Å². The summed E-state index contributed by atoms with van der Waals surface area (Å²) in [6.45, 7) is 2.59. The van der Waals surface area contributed by atoms with Crippen LogP contribution >= 0.6 is 15.9 Å². The average Bonchev–Trinajstić information content (AvgIpc) is 3.05. The number of aliphatic hydroxyl groups excluding tert-OH is 1. The molecule has 0 radical (unpaired) electrons. The average molecular weight is 492 g/mol. The summed E-state index contributed by atoms with van der Waals surface area (Å²) in [7, 11) is 0. The van der Waals surface area contributed by atoms with Crippen LogP contribution in [0.1, 0.15) is 29.7 Å². The highest BCUT2D eigenvalue weighted by molar-refractivity contribution is 9.10. The van der Waals surface area contributed by atoms with Gasteiger partial charge in [-0.2, -0.15) is 0 Å². The number of aliphatic hydroxyl groups is 1. The number of hydrogen-bond donors (Lipinski definition) is 1. The zero-order valence-electron chi connectivity index (χ0n) is 17.5. The molecule has 1 fully saturated rings. The predicted molar refractivity (Wildman–Crippen MR) is 126 cm³/mol. The lowest BCUT2D eigenvalue weighted by Gasteiger charge is -2.25. The number of rotatable bonds is 6. The Kier molecular flexibility index (Phi) is 6.42. The first-order valence-electron chi connectivity index (χ1n) is 10.3. The maximum atomic E-state index is 13.1. The van der Waals surface area contributed by atoms with Crippen molar-refractivity contribution in [2.45, 2.75) is 19.5 Å². The number of ether oxygens (including phenoxy) is 1. The second-order valence-corrected chi connectivity index (χ2v) is 8.34.